The van der Waals surface area contributed by atoms with Crippen molar-refractivity contribution in [1.82, 2.24) is 20.0 Å². The van der Waals surface area contributed by atoms with Gasteiger partial charge < -0.3 is 10.4 Å². The lowest BCUT2D eigenvalue weighted by Crippen LogP contribution is -2.40. The van der Waals surface area contributed by atoms with Crippen molar-refractivity contribution in [2.75, 3.05) is 19.6 Å². The molecule has 2 saturated heterocycles. The van der Waals surface area contributed by atoms with Gasteiger partial charge >= 0.3 is 5.97 Å². The largest absolute Gasteiger partial charge is 0.481 e. The molecule has 2 fully saturated rings. The summed E-state index contributed by atoms with van der Waals surface area (Å²) in [7, 11) is 0. The van der Waals surface area contributed by atoms with Crippen molar-refractivity contribution in [2.24, 2.45) is 11.3 Å². The molecule has 130 valence electrons. The molecule has 0 aliphatic carbocycles. The Morgan fingerprint density at radius 3 is 3.04 bits per heavy atom. The first-order chi connectivity index (χ1) is 12.0. The minimum absolute atomic E-state index is 0.172. The normalized spacial score (nSPS) is 25.8. The van der Waals surface area contributed by atoms with Crippen molar-refractivity contribution in [3.63, 3.8) is 0 Å². The van der Waals surface area contributed by atoms with Gasteiger partial charge in [0.25, 0.3) is 0 Å². The third-order valence-electron chi connectivity index (χ3n) is 5.05. The van der Waals surface area contributed by atoms with Crippen LogP contribution >= 0.6 is 0 Å². The maximum absolute atomic E-state index is 13.3. The van der Waals surface area contributed by atoms with Crippen molar-refractivity contribution in [3.05, 3.63) is 48.0 Å². The molecule has 3 heterocycles. The van der Waals surface area contributed by atoms with Crippen LogP contribution in [0.1, 0.15) is 5.56 Å². The van der Waals surface area contributed by atoms with E-state index >= 15 is 0 Å². The highest BCUT2D eigenvalue weighted by atomic mass is 19.1. The van der Waals surface area contributed by atoms with Crippen LogP contribution in [0.15, 0.2) is 36.7 Å². The number of aliphatic carboxylic acids is 1. The van der Waals surface area contributed by atoms with Crippen LogP contribution in [0, 0.1) is 17.2 Å². The Morgan fingerprint density at radius 1 is 1.48 bits per heavy atom. The second-order valence-corrected chi connectivity index (χ2v) is 6.67. The topological polar surface area (TPSA) is 87.5 Å². The third-order valence-corrected chi connectivity index (χ3v) is 5.05. The molecule has 2 aromatic rings. The van der Waals surface area contributed by atoms with Crippen LogP contribution in [0.5, 0.6) is 0 Å². The lowest BCUT2D eigenvalue weighted by atomic mass is 9.81. The number of nitrogens with one attached hydrogen (secondary N) is 1. The fraction of sp³-hybridized carbons (Fsp3) is 0.353. The van der Waals surface area contributed by atoms with Crippen LogP contribution in [0.4, 0.5) is 4.39 Å². The third kappa shape index (κ3) is 2.58. The van der Waals surface area contributed by atoms with Crippen molar-refractivity contribution in [1.29, 1.82) is 0 Å². The van der Waals surface area contributed by atoms with Gasteiger partial charge in [-0.3, -0.25) is 14.5 Å². The van der Waals surface area contributed by atoms with E-state index in [1.54, 1.807) is 29.2 Å². The number of aromatic nitrogens is 2. The van der Waals surface area contributed by atoms with E-state index < -0.39 is 17.3 Å². The molecular formula is C17H17FN4O3. The van der Waals surface area contributed by atoms with Crippen LogP contribution in [0.2, 0.25) is 0 Å². The quantitative estimate of drug-likeness (QED) is 0.850. The summed E-state index contributed by atoms with van der Waals surface area (Å²) in [5, 5.41) is 16.5. The fourth-order valence-electron chi connectivity index (χ4n) is 3.76. The average molecular weight is 344 g/mol. The smallest absolute Gasteiger partial charge is 0.313 e. The highest BCUT2D eigenvalue weighted by Gasteiger charge is 2.59. The highest BCUT2D eigenvalue weighted by Crippen LogP contribution is 2.40. The first kappa shape index (κ1) is 15.8. The fourth-order valence-corrected chi connectivity index (χ4v) is 3.76. The van der Waals surface area contributed by atoms with E-state index in [1.165, 1.54) is 12.1 Å². The molecule has 0 bridgehead atoms. The van der Waals surface area contributed by atoms with Gasteiger partial charge in [0.1, 0.15) is 11.2 Å². The van der Waals surface area contributed by atoms with Gasteiger partial charge in [0.2, 0.25) is 5.91 Å². The molecule has 0 spiro atoms. The van der Waals surface area contributed by atoms with E-state index in [0.717, 1.165) is 5.56 Å². The Kier molecular flexibility index (Phi) is 3.57. The molecule has 1 amide bonds. The van der Waals surface area contributed by atoms with Crippen molar-refractivity contribution in [2.45, 2.75) is 6.54 Å². The molecule has 1 aromatic carbocycles. The van der Waals surface area contributed by atoms with E-state index in [1.807, 2.05) is 4.90 Å². The number of halogens is 1. The van der Waals surface area contributed by atoms with Crippen molar-refractivity contribution < 1.29 is 19.1 Å². The summed E-state index contributed by atoms with van der Waals surface area (Å²) in [6.45, 7) is 1.39. The van der Waals surface area contributed by atoms with Crippen LogP contribution in [-0.4, -0.2) is 51.3 Å². The van der Waals surface area contributed by atoms with Gasteiger partial charge in [-0.2, -0.15) is 5.10 Å². The summed E-state index contributed by atoms with van der Waals surface area (Å²) in [6.07, 6.45) is 3.46. The number of hydrogen-bond donors (Lipinski definition) is 2. The number of carbonyl (C=O) groups is 2. The van der Waals surface area contributed by atoms with Gasteiger partial charge in [0.15, 0.2) is 0 Å². The molecule has 0 unspecified atom stereocenters. The summed E-state index contributed by atoms with van der Waals surface area (Å²) in [5.41, 5.74) is 0.450. The Bertz CT molecular complexity index is 852. The zero-order valence-electron chi connectivity index (χ0n) is 13.4. The van der Waals surface area contributed by atoms with Gasteiger partial charge in [0, 0.05) is 37.9 Å². The van der Waals surface area contributed by atoms with Crippen LogP contribution < -0.4 is 5.32 Å². The lowest BCUT2D eigenvalue weighted by molar-refractivity contribution is -0.149. The van der Waals surface area contributed by atoms with Gasteiger partial charge in [0.05, 0.1) is 17.8 Å². The first-order valence-electron chi connectivity index (χ1n) is 8.01. The highest BCUT2D eigenvalue weighted by molar-refractivity contribution is 5.92. The van der Waals surface area contributed by atoms with E-state index in [-0.39, 0.29) is 18.3 Å². The zero-order valence-corrected chi connectivity index (χ0v) is 13.4. The minimum atomic E-state index is -1.05. The van der Waals surface area contributed by atoms with Gasteiger partial charge in [-0.15, -0.1) is 0 Å². The Balaban J connectivity index is 1.51. The van der Waals surface area contributed by atoms with E-state index in [4.69, 9.17) is 0 Å². The standard InChI is InChI=1S/C17H17FN4O3/c18-12-2-1-3-13(4-12)22-7-11(5-20-22)6-21-8-14-15(23)19-9-17(14,10-21)16(24)25/h1-5,7,14H,6,8-10H2,(H,19,23)(H,24,25)/t14-,17+/m1/s1. The zero-order chi connectivity index (χ0) is 17.6. The molecule has 2 aliphatic rings. The Labute approximate surface area is 143 Å². The minimum Gasteiger partial charge on any atom is -0.481 e. The van der Waals surface area contributed by atoms with Crippen molar-refractivity contribution in [3.8, 4) is 5.69 Å². The summed E-state index contributed by atoms with van der Waals surface area (Å²) in [6, 6.07) is 6.13. The maximum Gasteiger partial charge on any atom is 0.313 e. The number of carbonyl (C=O) groups excluding carboxylic acids is 1. The summed E-state index contributed by atoms with van der Waals surface area (Å²) in [5.74, 6) is -1.99. The second kappa shape index (κ2) is 5.66. The van der Waals surface area contributed by atoms with Crippen LogP contribution in [0.25, 0.3) is 5.69 Å². The molecule has 8 heteroatoms. The monoisotopic (exact) mass is 344 g/mol. The van der Waals surface area contributed by atoms with Gasteiger partial charge in [-0.05, 0) is 18.2 Å². The summed E-state index contributed by atoms with van der Waals surface area (Å²) < 4.78 is 14.9. The lowest BCUT2D eigenvalue weighted by Gasteiger charge is -2.21. The van der Waals surface area contributed by atoms with E-state index in [9.17, 15) is 19.1 Å². The molecule has 0 saturated carbocycles. The Morgan fingerprint density at radius 2 is 2.32 bits per heavy atom. The number of rotatable bonds is 4. The van der Waals surface area contributed by atoms with Crippen LogP contribution in [0.3, 0.4) is 0 Å². The maximum atomic E-state index is 13.3. The number of carboxylic acids is 1. The molecule has 2 N–H and O–H groups in total. The molecule has 2 atom stereocenters. The summed E-state index contributed by atoms with van der Waals surface area (Å²) in [4.78, 5) is 25.6. The molecule has 4 rings (SSSR count). The van der Waals surface area contributed by atoms with Gasteiger partial charge in [-0.1, -0.05) is 6.07 Å². The van der Waals surface area contributed by atoms with Crippen LogP contribution in [-0.2, 0) is 16.1 Å². The predicted molar refractivity (Wildman–Crippen MR) is 85.4 cm³/mol. The number of benzene rings is 1. The number of fused-ring (bicyclic) bond motifs is 1. The van der Waals surface area contributed by atoms with Gasteiger partial charge in [-0.25, -0.2) is 9.07 Å². The number of amides is 1. The van der Waals surface area contributed by atoms with E-state index in [0.29, 0.717) is 25.3 Å². The molecule has 2 aliphatic heterocycles. The molecule has 7 nitrogen and oxygen atoms in total. The van der Waals surface area contributed by atoms with Crippen molar-refractivity contribution >= 4 is 11.9 Å². The van der Waals surface area contributed by atoms with E-state index in [2.05, 4.69) is 10.4 Å². The molecule has 0 radical (unpaired) electrons. The SMILES string of the molecule is O=C1NC[C@]2(C(=O)O)CN(Cc3cnn(-c4cccc(F)c4)c3)C[C@H]12. The number of hydrogen-bond acceptors (Lipinski definition) is 4. The summed E-state index contributed by atoms with van der Waals surface area (Å²) >= 11 is 0. The number of carboxylic acid groups (broad SMARTS) is 1. The molecular weight excluding hydrogens is 327 g/mol. The average Bonchev–Trinajstić information content (AvgIpc) is 3.25. The Hall–Kier alpha value is -2.74. The number of likely N-dealkylation sites (tertiary alicyclic amines) is 1. The first-order valence-corrected chi connectivity index (χ1v) is 8.01. The molecule has 25 heavy (non-hydrogen) atoms. The second-order valence-electron chi connectivity index (χ2n) is 6.67. The molecule has 1 aromatic heterocycles. The number of nitrogens with zero attached hydrogens (tertiary/aromatic N) is 3. The predicted octanol–water partition coefficient (Wildman–Crippen LogP) is 0.644.